The number of ether oxygens (including phenoxy) is 2. The average molecular weight is 745 g/mol. The van der Waals surface area contributed by atoms with E-state index in [4.69, 9.17) is 23.6 Å². The van der Waals surface area contributed by atoms with Crippen LogP contribution in [0.1, 0.15) is 174 Å². The molecule has 0 saturated heterocycles. The average Bonchev–Trinajstić information content (AvgIpc) is 3.12. The molecule has 0 heterocycles. The third-order valence-electron chi connectivity index (χ3n) is 8.59. The highest BCUT2D eigenvalue weighted by atomic mass is 31.2. The monoisotopic (exact) mass is 745 g/mol. The summed E-state index contributed by atoms with van der Waals surface area (Å²) in [6, 6.07) is 0. The summed E-state index contributed by atoms with van der Waals surface area (Å²) in [4.78, 5) is 22.5. The first kappa shape index (κ1) is 49.7. The molecule has 0 aromatic carbocycles. The number of rotatable bonds is 39. The summed E-state index contributed by atoms with van der Waals surface area (Å²) in [7, 11) is -4.52. The van der Waals surface area contributed by atoms with Gasteiger partial charge in [0.15, 0.2) is 0 Å². The quantitative estimate of drug-likeness (QED) is 0.0243. The molecule has 0 aliphatic rings. The first-order chi connectivity index (χ1) is 24.8. The molecule has 0 saturated carbocycles. The van der Waals surface area contributed by atoms with Crippen LogP contribution in [-0.4, -0.2) is 66.3 Å². The highest BCUT2D eigenvalue weighted by molar-refractivity contribution is 7.47. The largest absolute Gasteiger partial charge is 0.472 e. The Bertz CT molecular complexity index is 892. The van der Waals surface area contributed by atoms with Crippen LogP contribution in [0.5, 0.6) is 0 Å². The fourth-order valence-corrected chi connectivity index (χ4v) is 6.28. The van der Waals surface area contributed by atoms with Gasteiger partial charge in [0.1, 0.15) is 12.2 Å². The smallest absolute Gasteiger partial charge is 0.457 e. The summed E-state index contributed by atoms with van der Waals surface area (Å²) in [5, 5.41) is 18.3. The fraction of sp³-hybridized carbons (Fsp3) is 0.829. The molecule has 0 fully saturated rings. The molecule has 0 bridgehead atoms. The standard InChI is InChI=1S/C41H77O9P/c1-3-5-7-9-11-13-15-17-19-20-21-23-25-27-29-31-33-41(44)50-40(38-49-51(45,46)48-36-39(43)35-42)37-47-34-32-30-28-26-24-22-18-16-14-12-10-8-6-4-2/h6,8,12,14,18,22,39-40,42-43H,3-5,7,9-11,13,15-17,19-21,23-38H2,1-2H3,(H,45,46)/b8-6-,14-12-,22-18-. The Morgan fingerprint density at radius 3 is 1.69 bits per heavy atom. The number of carbonyl (C=O) groups is 1. The molecule has 0 spiro atoms. The van der Waals surface area contributed by atoms with Crippen molar-refractivity contribution in [3.63, 3.8) is 0 Å². The van der Waals surface area contributed by atoms with E-state index in [-0.39, 0.29) is 25.6 Å². The maximum Gasteiger partial charge on any atom is 0.472 e. The second-order valence-corrected chi connectivity index (χ2v) is 15.1. The van der Waals surface area contributed by atoms with E-state index < -0.39 is 33.2 Å². The molecule has 9 nitrogen and oxygen atoms in total. The van der Waals surface area contributed by atoms with Crippen molar-refractivity contribution in [1.29, 1.82) is 0 Å². The molecule has 0 aromatic heterocycles. The van der Waals surface area contributed by atoms with Gasteiger partial charge in [-0.15, -0.1) is 0 Å². The topological polar surface area (TPSA) is 132 Å². The second-order valence-electron chi connectivity index (χ2n) is 13.6. The highest BCUT2D eigenvalue weighted by Gasteiger charge is 2.26. The predicted octanol–water partition coefficient (Wildman–Crippen LogP) is 10.9. The second kappa shape index (κ2) is 38.4. The number of unbranched alkanes of at least 4 members (excludes halogenated alkanes) is 19. The van der Waals surface area contributed by atoms with Crippen molar-refractivity contribution in [2.24, 2.45) is 0 Å². The van der Waals surface area contributed by atoms with Gasteiger partial charge in [0.25, 0.3) is 0 Å². The van der Waals surface area contributed by atoms with Gasteiger partial charge in [0.05, 0.1) is 26.4 Å². The van der Waals surface area contributed by atoms with E-state index in [0.29, 0.717) is 6.61 Å². The lowest BCUT2D eigenvalue weighted by Gasteiger charge is -2.20. The Hall–Kier alpha value is -1.32. The third kappa shape index (κ3) is 38.2. The lowest BCUT2D eigenvalue weighted by Crippen LogP contribution is -2.29. The lowest BCUT2D eigenvalue weighted by atomic mass is 10.0. The Labute approximate surface area is 312 Å². The molecule has 3 unspecified atom stereocenters. The zero-order valence-electron chi connectivity index (χ0n) is 32.6. The van der Waals surface area contributed by atoms with Gasteiger partial charge >= 0.3 is 13.8 Å². The summed E-state index contributed by atoms with van der Waals surface area (Å²) in [5.74, 6) is -0.390. The first-order valence-electron chi connectivity index (χ1n) is 20.5. The number of phosphoric ester groups is 1. The minimum Gasteiger partial charge on any atom is -0.457 e. The molecule has 0 rings (SSSR count). The molecule has 0 aliphatic carbocycles. The van der Waals surface area contributed by atoms with Gasteiger partial charge in [-0.25, -0.2) is 4.57 Å². The third-order valence-corrected chi connectivity index (χ3v) is 9.54. The van der Waals surface area contributed by atoms with Crippen LogP contribution in [0.2, 0.25) is 0 Å². The van der Waals surface area contributed by atoms with E-state index in [0.717, 1.165) is 70.6 Å². The van der Waals surface area contributed by atoms with Crippen molar-refractivity contribution < 1.29 is 43.0 Å². The Morgan fingerprint density at radius 1 is 0.627 bits per heavy atom. The zero-order chi connectivity index (χ0) is 37.5. The maximum absolute atomic E-state index is 12.6. The summed E-state index contributed by atoms with van der Waals surface area (Å²) in [6.07, 6.45) is 39.6. The van der Waals surface area contributed by atoms with Gasteiger partial charge in [-0.1, -0.05) is 159 Å². The van der Waals surface area contributed by atoms with Crippen LogP contribution in [0.3, 0.4) is 0 Å². The summed E-state index contributed by atoms with van der Waals surface area (Å²) >= 11 is 0. The van der Waals surface area contributed by atoms with Crippen molar-refractivity contribution in [1.82, 2.24) is 0 Å². The van der Waals surface area contributed by atoms with E-state index >= 15 is 0 Å². The minimum atomic E-state index is -4.52. The molecule has 300 valence electrons. The number of hydrogen-bond acceptors (Lipinski definition) is 8. The molecule has 3 atom stereocenters. The lowest BCUT2D eigenvalue weighted by molar-refractivity contribution is -0.154. The molecule has 0 radical (unpaired) electrons. The predicted molar refractivity (Wildman–Crippen MR) is 210 cm³/mol. The van der Waals surface area contributed by atoms with Crippen molar-refractivity contribution >= 4 is 13.8 Å². The number of esters is 1. The van der Waals surface area contributed by atoms with Crippen molar-refractivity contribution in [2.75, 3.05) is 33.0 Å². The van der Waals surface area contributed by atoms with Crippen LogP contribution in [0.4, 0.5) is 0 Å². The molecule has 0 amide bonds. The minimum absolute atomic E-state index is 0.0362. The van der Waals surface area contributed by atoms with Gasteiger partial charge in [-0.05, 0) is 44.9 Å². The Balaban J connectivity index is 4.21. The molecule has 51 heavy (non-hydrogen) atoms. The van der Waals surface area contributed by atoms with E-state index in [1.54, 1.807) is 0 Å². The van der Waals surface area contributed by atoms with E-state index in [9.17, 15) is 19.4 Å². The summed E-state index contributed by atoms with van der Waals surface area (Å²) in [6.45, 7) is 3.36. The van der Waals surface area contributed by atoms with Crippen LogP contribution in [0.15, 0.2) is 36.5 Å². The number of aliphatic hydroxyl groups is 2. The van der Waals surface area contributed by atoms with Gasteiger partial charge in [-0.2, -0.15) is 0 Å². The summed E-state index contributed by atoms with van der Waals surface area (Å²) < 4.78 is 33.3. The zero-order valence-corrected chi connectivity index (χ0v) is 33.5. The molecule has 0 aliphatic heterocycles. The molecular weight excluding hydrogens is 667 g/mol. The highest BCUT2D eigenvalue weighted by Crippen LogP contribution is 2.43. The molecule has 0 aromatic rings. The van der Waals surface area contributed by atoms with Gasteiger partial charge in [0.2, 0.25) is 0 Å². The Morgan fingerprint density at radius 2 is 1.12 bits per heavy atom. The number of carbonyl (C=O) groups excluding carboxylic acids is 1. The number of hydrogen-bond donors (Lipinski definition) is 3. The van der Waals surface area contributed by atoms with E-state index in [1.807, 2.05) is 0 Å². The van der Waals surface area contributed by atoms with Crippen molar-refractivity contribution in [2.45, 2.75) is 187 Å². The van der Waals surface area contributed by atoms with E-state index in [2.05, 4.69) is 50.3 Å². The van der Waals surface area contributed by atoms with Crippen molar-refractivity contribution in [3.05, 3.63) is 36.5 Å². The van der Waals surface area contributed by atoms with Gasteiger partial charge in [0, 0.05) is 13.0 Å². The Kier molecular flexibility index (Phi) is 37.4. The molecular formula is C41H77O9P. The van der Waals surface area contributed by atoms with Crippen LogP contribution in [0.25, 0.3) is 0 Å². The van der Waals surface area contributed by atoms with Crippen molar-refractivity contribution in [3.8, 4) is 0 Å². The first-order valence-corrected chi connectivity index (χ1v) is 22.0. The van der Waals surface area contributed by atoms with Crippen LogP contribution in [0, 0.1) is 0 Å². The number of phosphoric acid groups is 1. The van der Waals surface area contributed by atoms with Crippen LogP contribution in [-0.2, 0) is 27.9 Å². The van der Waals surface area contributed by atoms with E-state index in [1.165, 1.54) is 83.5 Å². The van der Waals surface area contributed by atoms with Gasteiger partial charge in [-0.3, -0.25) is 13.8 Å². The summed E-state index contributed by atoms with van der Waals surface area (Å²) in [5.41, 5.74) is 0. The van der Waals surface area contributed by atoms with Crippen LogP contribution >= 0.6 is 7.82 Å². The molecule has 10 heteroatoms. The SMILES string of the molecule is CC/C=C\C/C=C\C/C=C\CCCCCCOCC(COP(=O)(O)OCC(O)CO)OC(=O)CCCCCCCCCCCCCCCCCC. The fourth-order valence-electron chi connectivity index (χ4n) is 5.49. The number of aliphatic hydroxyl groups excluding tert-OH is 2. The molecule has 3 N–H and O–H groups in total. The maximum atomic E-state index is 12.6. The van der Waals surface area contributed by atoms with Gasteiger partial charge < -0.3 is 24.6 Å². The van der Waals surface area contributed by atoms with Crippen LogP contribution < -0.4 is 0 Å². The normalized spacial score (nSPS) is 14.5. The number of allylic oxidation sites excluding steroid dienone is 6.